The number of hydrogen-bond donors (Lipinski definition) is 0. The molecule has 0 bridgehead atoms. The lowest BCUT2D eigenvalue weighted by atomic mass is 10.2. The second-order valence-corrected chi connectivity index (χ2v) is 4.13. The van der Waals surface area contributed by atoms with Crippen LogP contribution < -0.4 is 0 Å². The van der Waals surface area contributed by atoms with Gasteiger partial charge in [-0.1, -0.05) is 17.7 Å². The summed E-state index contributed by atoms with van der Waals surface area (Å²) < 4.78 is 12.8. The molecule has 0 amide bonds. The van der Waals surface area contributed by atoms with Crippen molar-refractivity contribution in [1.29, 1.82) is 0 Å². The van der Waals surface area contributed by atoms with E-state index in [2.05, 4.69) is 4.90 Å². The molecule has 1 aliphatic heterocycles. The second-order valence-electron chi connectivity index (χ2n) is 3.72. The first kappa shape index (κ1) is 9.94. The number of rotatable bonds is 2. The first-order valence-corrected chi connectivity index (χ1v) is 5.30. The van der Waals surface area contributed by atoms with E-state index in [0.717, 1.165) is 25.2 Å². The highest BCUT2D eigenvalue weighted by Gasteiger charge is 2.13. The number of likely N-dealkylation sites (tertiary alicyclic amines) is 1. The average Bonchev–Trinajstić information content (AvgIpc) is 2.62. The Bertz CT molecular complexity index is 321. The zero-order chi connectivity index (χ0) is 9.97. The van der Waals surface area contributed by atoms with Crippen LogP contribution in [-0.2, 0) is 6.54 Å². The maximum Gasteiger partial charge on any atom is 0.124 e. The Labute approximate surface area is 88.5 Å². The average molecular weight is 214 g/mol. The van der Waals surface area contributed by atoms with Gasteiger partial charge in [-0.15, -0.1) is 0 Å². The van der Waals surface area contributed by atoms with E-state index in [4.69, 9.17) is 11.6 Å². The van der Waals surface area contributed by atoms with Crippen LogP contribution in [0.15, 0.2) is 18.2 Å². The molecule has 1 aromatic rings. The number of hydrogen-bond acceptors (Lipinski definition) is 1. The van der Waals surface area contributed by atoms with Crippen LogP contribution >= 0.6 is 11.6 Å². The molecule has 76 valence electrons. The molecular formula is C11H13ClFN. The Morgan fingerprint density at radius 1 is 1.29 bits per heavy atom. The molecule has 2 rings (SSSR count). The maximum absolute atomic E-state index is 12.8. The van der Waals surface area contributed by atoms with Crippen LogP contribution in [0.5, 0.6) is 0 Å². The molecule has 0 saturated carbocycles. The third kappa shape index (κ3) is 2.25. The van der Waals surface area contributed by atoms with Crippen LogP contribution in [0.4, 0.5) is 4.39 Å². The van der Waals surface area contributed by atoms with Crippen LogP contribution in [0.2, 0.25) is 5.02 Å². The summed E-state index contributed by atoms with van der Waals surface area (Å²) in [6, 6.07) is 4.63. The molecule has 0 radical (unpaired) electrons. The quantitative estimate of drug-likeness (QED) is 0.730. The van der Waals surface area contributed by atoms with Crippen LogP contribution in [0.25, 0.3) is 0 Å². The van der Waals surface area contributed by atoms with Gasteiger partial charge < -0.3 is 0 Å². The van der Waals surface area contributed by atoms with Gasteiger partial charge in [0.25, 0.3) is 0 Å². The Morgan fingerprint density at radius 2 is 2.00 bits per heavy atom. The summed E-state index contributed by atoms with van der Waals surface area (Å²) >= 11 is 5.94. The largest absolute Gasteiger partial charge is 0.299 e. The van der Waals surface area contributed by atoms with Crippen molar-refractivity contribution in [2.45, 2.75) is 19.4 Å². The number of nitrogens with zero attached hydrogens (tertiary/aromatic N) is 1. The molecule has 0 unspecified atom stereocenters. The van der Waals surface area contributed by atoms with Crippen molar-refractivity contribution >= 4 is 11.6 Å². The summed E-state index contributed by atoms with van der Waals surface area (Å²) in [6.45, 7) is 3.11. The summed E-state index contributed by atoms with van der Waals surface area (Å²) in [7, 11) is 0. The molecule has 1 heterocycles. The van der Waals surface area contributed by atoms with E-state index in [1.807, 2.05) is 0 Å². The van der Waals surface area contributed by atoms with E-state index >= 15 is 0 Å². The molecule has 1 fully saturated rings. The fraction of sp³-hybridized carbons (Fsp3) is 0.455. The molecule has 1 aromatic carbocycles. The minimum Gasteiger partial charge on any atom is -0.299 e. The first-order chi connectivity index (χ1) is 6.75. The SMILES string of the molecule is Fc1ccc(CN2CCCC2)c(Cl)c1. The normalized spacial score (nSPS) is 17.6. The third-order valence-corrected chi connectivity index (χ3v) is 2.96. The Balaban J connectivity index is 2.08. The molecule has 1 nitrogen and oxygen atoms in total. The highest BCUT2D eigenvalue weighted by Crippen LogP contribution is 2.20. The molecule has 0 N–H and O–H groups in total. The van der Waals surface area contributed by atoms with Gasteiger partial charge in [-0.25, -0.2) is 4.39 Å². The fourth-order valence-corrected chi connectivity index (χ4v) is 2.06. The molecule has 0 atom stereocenters. The Hall–Kier alpha value is -0.600. The van der Waals surface area contributed by atoms with Gasteiger partial charge >= 0.3 is 0 Å². The van der Waals surface area contributed by atoms with Gasteiger partial charge in [-0.3, -0.25) is 4.90 Å². The minimum absolute atomic E-state index is 0.264. The van der Waals surface area contributed by atoms with Gasteiger partial charge in [0.1, 0.15) is 5.82 Å². The van der Waals surface area contributed by atoms with E-state index < -0.39 is 0 Å². The van der Waals surface area contributed by atoms with Crippen molar-refractivity contribution in [2.75, 3.05) is 13.1 Å². The van der Waals surface area contributed by atoms with Crippen molar-refractivity contribution in [3.05, 3.63) is 34.6 Å². The predicted molar refractivity (Wildman–Crippen MR) is 55.9 cm³/mol. The number of halogens is 2. The van der Waals surface area contributed by atoms with Crippen molar-refractivity contribution < 1.29 is 4.39 Å². The molecule has 3 heteroatoms. The van der Waals surface area contributed by atoms with Crippen molar-refractivity contribution in [3.8, 4) is 0 Å². The van der Waals surface area contributed by atoms with Gasteiger partial charge in [-0.2, -0.15) is 0 Å². The first-order valence-electron chi connectivity index (χ1n) is 4.92. The number of benzene rings is 1. The minimum atomic E-state index is -0.264. The zero-order valence-electron chi connectivity index (χ0n) is 7.97. The highest BCUT2D eigenvalue weighted by atomic mass is 35.5. The molecule has 1 saturated heterocycles. The molecule has 0 spiro atoms. The molecule has 1 aliphatic rings. The van der Waals surface area contributed by atoms with Gasteiger partial charge in [0.2, 0.25) is 0 Å². The smallest absolute Gasteiger partial charge is 0.124 e. The third-order valence-electron chi connectivity index (χ3n) is 2.61. The molecular weight excluding hydrogens is 201 g/mol. The molecule has 14 heavy (non-hydrogen) atoms. The lowest BCUT2D eigenvalue weighted by Crippen LogP contribution is -2.18. The van der Waals surface area contributed by atoms with E-state index in [-0.39, 0.29) is 5.82 Å². The summed E-state index contributed by atoms with van der Waals surface area (Å²) in [5.41, 5.74) is 1.02. The van der Waals surface area contributed by atoms with Gasteiger partial charge in [0, 0.05) is 11.6 Å². The standard InChI is InChI=1S/C11H13ClFN/c12-11-7-10(13)4-3-9(11)8-14-5-1-2-6-14/h3-4,7H,1-2,5-6,8H2. The van der Waals surface area contributed by atoms with Crippen molar-refractivity contribution in [1.82, 2.24) is 4.90 Å². The van der Waals surface area contributed by atoms with E-state index in [9.17, 15) is 4.39 Å². The van der Waals surface area contributed by atoms with Gasteiger partial charge in [0.05, 0.1) is 0 Å². The van der Waals surface area contributed by atoms with Crippen LogP contribution in [0, 0.1) is 5.82 Å². The Morgan fingerprint density at radius 3 is 2.64 bits per heavy atom. The van der Waals surface area contributed by atoms with Gasteiger partial charge in [-0.05, 0) is 43.6 Å². The highest BCUT2D eigenvalue weighted by molar-refractivity contribution is 6.31. The van der Waals surface area contributed by atoms with E-state index in [1.165, 1.54) is 25.0 Å². The zero-order valence-corrected chi connectivity index (χ0v) is 8.73. The van der Waals surface area contributed by atoms with Crippen molar-refractivity contribution in [2.24, 2.45) is 0 Å². The molecule has 0 aliphatic carbocycles. The Kier molecular flexibility index (Phi) is 3.04. The topological polar surface area (TPSA) is 3.24 Å². The van der Waals surface area contributed by atoms with Gasteiger partial charge in [0.15, 0.2) is 0 Å². The lowest BCUT2D eigenvalue weighted by molar-refractivity contribution is 0.331. The van der Waals surface area contributed by atoms with Crippen LogP contribution in [0.3, 0.4) is 0 Å². The summed E-state index contributed by atoms with van der Waals surface area (Å²) in [5.74, 6) is -0.264. The summed E-state index contributed by atoms with van der Waals surface area (Å²) in [6.07, 6.45) is 2.53. The summed E-state index contributed by atoms with van der Waals surface area (Å²) in [5, 5.41) is 0.539. The van der Waals surface area contributed by atoms with Crippen molar-refractivity contribution in [3.63, 3.8) is 0 Å². The van der Waals surface area contributed by atoms with Crippen LogP contribution in [0.1, 0.15) is 18.4 Å². The van der Waals surface area contributed by atoms with Crippen LogP contribution in [-0.4, -0.2) is 18.0 Å². The fourth-order valence-electron chi connectivity index (χ4n) is 1.83. The lowest BCUT2D eigenvalue weighted by Gasteiger charge is -2.15. The monoisotopic (exact) mass is 213 g/mol. The second kappa shape index (κ2) is 4.28. The van der Waals surface area contributed by atoms with E-state index in [1.54, 1.807) is 6.07 Å². The van der Waals surface area contributed by atoms with E-state index in [0.29, 0.717) is 5.02 Å². The predicted octanol–water partition coefficient (Wildman–Crippen LogP) is 3.07. The molecule has 0 aromatic heterocycles. The maximum atomic E-state index is 12.8. The summed E-state index contributed by atoms with van der Waals surface area (Å²) in [4.78, 5) is 2.35.